The first-order valence-electron chi connectivity index (χ1n) is 6.58. The summed E-state index contributed by atoms with van der Waals surface area (Å²) in [7, 11) is 0. The summed E-state index contributed by atoms with van der Waals surface area (Å²) in [5.74, 6) is -0.195. The highest BCUT2D eigenvalue weighted by molar-refractivity contribution is 7.80. The van der Waals surface area contributed by atoms with Crippen LogP contribution in [0, 0.1) is 0 Å². The van der Waals surface area contributed by atoms with Crippen LogP contribution in [-0.2, 0) is 4.79 Å². The van der Waals surface area contributed by atoms with Crippen molar-refractivity contribution >= 4 is 29.3 Å². The molecule has 0 aliphatic heterocycles. The molecule has 1 aromatic rings. The first-order chi connectivity index (χ1) is 9.24. The molecule has 1 aromatic carbocycles. The Bertz CT molecular complexity index is 464. The van der Waals surface area contributed by atoms with E-state index in [1.54, 1.807) is 6.08 Å². The van der Waals surface area contributed by atoms with E-state index in [4.69, 9.17) is 12.2 Å². The van der Waals surface area contributed by atoms with Crippen LogP contribution in [0.5, 0.6) is 0 Å². The maximum absolute atomic E-state index is 11.7. The molecule has 0 bridgehead atoms. The SMILES string of the molecule is O=C(C=Cc1ccccc1)NC(=S)NC1CCCC1. The second-order valence-corrected chi connectivity index (χ2v) is 5.10. The number of nitrogens with one attached hydrogen (secondary N) is 2. The van der Waals surface area contributed by atoms with Crippen LogP contribution in [0.25, 0.3) is 6.08 Å². The van der Waals surface area contributed by atoms with E-state index >= 15 is 0 Å². The molecule has 0 heterocycles. The van der Waals surface area contributed by atoms with Crippen LogP contribution in [0.2, 0.25) is 0 Å². The minimum absolute atomic E-state index is 0.195. The van der Waals surface area contributed by atoms with Crippen molar-refractivity contribution in [2.75, 3.05) is 0 Å². The van der Waals surface area contributed by atoms with Crippen molar-refractivity contribution in [2.24, 2.45) is 0 Å². The van der Waals surface area contributed by atoms with Gasteiger partial charge in [-0.05, 0) is 36.7 Å². The van der Waals surface area contributed by atoms with E-state index in [9.17, 15) is 4.79 Å². The van der Waals surface area contributed by atoms with Crippen molar-refractivity contribution < 1.29 is 4.79 Å². The van der Waals surface area contributed by atoms with Crippen molar-refractivity contribution in [3.05, 3.63) is 42.0 Å². The summed E-state index contributed by atoms with van der Waals surface area (Å²) < 4.78 is 0. The highest BCUT2D eigenvalue weighted by Gasteiger charge is 2.15. The number of carbonyl (C=O) groups is 1. The third-order valence-electron chi connectivity index (χ3n) is 3.15. The zero-order chi connectivity index (χ0) is 13.5. The van der Waals surface area contributed by atoms with E-state index in [-0.39, 0.29) is 5.91 Å². The first kappa shape index (κ1) is 13.7. The molecule has 0 unspecified atom stereocenters. The van der Waals surface area contributed by atoms with E-state index < -0.39 is 0 Å². The summed E-state index contributed by atoms with van der Waals surface area (Å²) in [6, 6.07) is 10.1. The van der Waals surface area contributed by atoms with Gasteiger partial charge in [-0.1, -0.05) is 43.2 Å². The second-order valence-electron chi connectivity index (χ2n) is 4.69. The van der Waals surface area contributed by atoms with Crippen molar-refractivity contribution in [1.82, 2.24) is 10.6 Å². The fourth-order valence-corrected chi connectivity index (χ4v) is 2.45. The van der Waals surface area contributed by atoms with Crippen LogP contribution in [0.15, 0.2) is 36.4 Å². The molecule has 0 atom stereocenters. The van der Waals surface area contributed by atoms with E-state index in [0.29, 0.717) is 11.2 Å². The van der Waals surface area contributed by atoms with E-state index in [2.05, 4.69) is 10.6 Å². The molecule has 1 saturated carbocycles. The Morgan fingerprint density at radius 2 is 1.89 bits per heavy atom. The van der Waals surface area contributed by atoms with E-state index in [1.165, 1.54) is 18.9 Å². The van der Waals surface area contributed by atoms with Crippen LogP contribution in [0.4, 0.5) is 0 Å². The van der Waals surface area contributed by atoms with Crippen LogP contribution >= 0.6 is 12.2 Å². The van der Waals surface area contributed by atoms with Crippen LogP contribution in [0.3, 0.4) is 0 Å². The van der Waals surface area contributed by atoms with Gasteiger partial charge >= 0.3 is 0 Å². The monoisotopic (exact) mass is 274 g/mol. The highest BCUT2D eigenvalue weighted by Crippen LogP contribution is 2.17. The largest absolute Gasteiger partial charge is 0.360 e. The molecule has 1 fully saturated rings. The van der Waals surface area contributed by atoms with Gasteiger partial charge < -0.3 is 5.32 Å². The predicted molar refractivity (Wildman–Crippen MR) is 81.6 cm³/mol. The Balaban J connectivity index is 1.77. The fraction of sp³-hybridized carbons (Fsp3) is 0.333. The summed E-state index contributed by atoms with van der Waals surface area (Å²) in [6.45, 7) is 0. The topological polar surface area (TPSA) is 41.1 Å². The zero-order valence-electron chi connectivity index (χ0n) is 10.8. The van der Waals surface area contributed by atoms with Gasteiger partial charge in [-0.15, -0.1) is 0 Å². The summed E-state index contributed by atoms with van der Waals surface area (Å²) in [5, 5.41) is 6.27. The van der Waals surface area contributed by atoms with Gasteiger partial charge in [0, 0.05) is 12.1 Å². The van der Waals surface area contributed by atoms with E-state index in [0.717, 1.165) is 18.4 Å². The summed E-state index contributed by atoms with van der Waals surface area (Å²) in [6.07, 6.45) is 8.02. The summed E-state index contributed by atoms with van der Waals surface area (Å²) >= 11 is 5.12. The van der Waals surface area contributed by atoms with Gasteiger partial charge in [0.05, 0.1) is 0 Å². The quantitative estimate of drug-likeness (QED) is 0.657. The third-order valence-corrected chi connectivity index (χ3v) is 3.37. The molecule has 0 aromatic heterocycles. The molecule has 4 heteroatoms. The van der Waals surface area contributed by atoms with Crippen LogP contribution in [0.1, 0.15) is 31.2 Å². The Morgan fingerprint density at radius 1 is 1.21 bits per heavy atom. The number of hydrogen-bond donors (Lipinski definition) is 2. The van der Waals surface area contributed by atoms with Crippen molar-refractivity contribution in [3.63, 3.8) is 0 Å². The van der Waals surface area contributed by atoms with Crippen molar-refractivity contribution in [3.8, 4) is 0 Å². The molecule has 0 radical (unpaired) electrons. The van der Waals surface area contributed by atoms with E-state index in [1.807, 2.05) is 30.3 Å². The molecular formula is C15H18N2OS. The molecule has 0 saturated heterocycles. The number of thiocarbonyl (C=S) groups is 1. The summed E-state index contributed by atoms with van der Waals surface area (Å²) in [5.41, 5.74) is 0.993. The molecule has 2 N–H and O–H groups in total. The molecule has 19 heavy (non-hydrogen) atoms. The maximum atomic E-state index is 11.7. The molecule has 3 nitrogen and oxygen atoms in total. The molecule has 1 amide bonds. The first-order valence-corrected chi connectivity index (χ1v) is 6.99. The normalized spacial score (nSPS) is 15.6. The number of amides is 1. The lowest BCUT2D eigenvalue weighted by Crippen LogP contribution is -2.42. The lowest BCUT2D eigenvalue weighted by Gasteiger charge is -2.13. The van der Waals surface area contributed by atoms with Crippen LogP contribution < -0.4 is 10.6 Å². The Kier molecular flexibility index (Phi) is 5.10. The molecular weight excluding hydrogens is 256 g/mol. The third kappa shape index (κ3) is 4.83. The molecule has 0 spiro atoms. The molecule has 100 valence electrons. The van der Waals surface area contributed by atoms with Gasteiger partial charge in [-0.3, -0.25) is 10.1 Å². The maximum Gasteiger partial charge on any atom is 0.250 e. The lowest BCUT2D eigenvalue weighted by molar-refractivity contribution is -0.115. The smallest absolute Gasteiger partial charge is 0.250 e. The van der Waals surface area contributed by atoms with Gasteiger partial charge in [0.25, 0.3) is 0 Å². The molecule has 2 rings (SSSR count). The number of benzene rings is 1. The van der Waals surface area contributed by atoms with Crippen molar-refractivity contribution in [1.29, 1.82) is 0 Å². The average Bonchev–Trinajstić information content (AvgIpc) is 2.90. The van der Waals surface area contributed by atoms with Gasteiger partial charge in [-0.2, -0.15) is 0 Å². The van der Waals surface area contributed by atoms with Gasteiger partial charge in [-0.25, -0.2) is 0 Å². The second kappa shape index (κ2) is 7.04. The van der Waals surface area contributed by atoms with Gasteiger partial charge in [0.15, 0.2) is 5.11 Å². The minimum Gasteiger partial charge on any atom is -0.360 e. The van der Waals surface area contributed by atoms with Crippen molar-refractivity contribution in [2.45, 2.75) is 31.7 Å². The number of rotatable bonds is 3. The molecule has 1 aliphatic carbocycles. The summed E-state index contributed by atoms with van der Waals surface area (Å²) in [4.78, 5) is 11.7. The lowest BCUT2D eigenvalue weighted by atomic mass is 10.2. The number of carbonyl (C=O) groups excluding carboxylic acids is 1. The molecule has 1 aliphatic rings. The zero-order valence-corrected chi connectivity index (χ0v) is 11.6. The fourth-order valence-electron chi connectivity index (χ4n) is 2.18. The Hall–Kier alpha value is -1.68. The van der Waals surface area contributed by atoms with Crippen LogP contribution in [-0.4, -0.2) is 17.1 Å². The van der Waals surface area contributed by atoms with Gasteiger partial charge in [0.1, 0.15) is 0 Å². The Morgan fingerprint density at radius 3 is 2.58 bits per heavy atom. The Labute approximate surface area is 119 Å². The standard InChI is InChI=1S/C15H18N2OS/c18-14(11-10-12-6-2-1-3-7-12)17-15(19)16-13-8-4-5-9-13/h1-3,6-7,10-11,13H,4-5,8-9H2,(H2,16,17,18,19). The average molecular weight is 274 g/mol. The highest BCUT2D eigenvalue weighted by atomic mass is 32.1. The van der Waals surface area contributed by atoms with Gasteiger partial charge in [0.2, 0.25) is 5.91 Å². The minimum atomic E-state index is -0.195. The predicted octanol–water partition coefficient (Wildman–Crippen LogP) is 2.63. The number of hydrogen-bond acceptors (Lipinski definition) is 2.